The van der Waals surface area contributed by atoms with Crippen LogP contribution in [0.1, 0.15) is 49.8 Å². The summed E-state index contributed by atoms with van der Waals surface area (Å²) in [7, 11) is 0. The van der Waals surface area contributed by atoms with Crippen LogP contribution >= 0.6 is 0 Å². The summed E-state index contributed by atoms with van der Waals surface area (Å²) in [5.74, 6) is 1.69. The number of hydrogen-bond donors (Lipinski definition) is 1. The maximum atomic E-state index is 10.3. The van der Waals surface area contributed by atoms with E-state index >= 15 is 0 Å². The number of phenols is 1. The molecule has 1 unspecified atom stereocenters. The van der Waals surface area contributed by atoms with Gasteiger partial charge in [0.15, 0.2) is 0 Å². The van der Waals surface area contributed by atoms with E-state index in [0.717, 1.165) is 36.1 Å². The highest BCUT2D eigenvalue weighted by Crippen LogP contribution is 2.38. The van der Waals surface area contributed by atoms with Gasteiger partial charge in [-0.05, 0) is 67.9 Å². The number of ether oxygens (including phenoxy) is 1. The van der Waals surface area contributed by atoms with Crippen LogP contribution in [0.4, 0.5) is 0 Å². The Morgan fingerprint density at radius 3 is 2.64 bits per heavy atom. The third-order valence-corrected chi connectivity index (χ3v) is 4.54. The highest BCUT2D eigenvalue weighted by atomic mass is 16.5. The second kappa shape index (κ2) is 5.68. The summed E-state index contributed by atoms with van der Waals surface area (Å²) in [5.41, 5.74) is 3.26. The maximum absolute atomic E-state index is 10.3. The van der Waals surface area contributed by atoms with E-state index in [1.165, 1.54) is 5.56 Å². The largest absolute Gasteiger partial charge is 0.508 e. The number of aryl methyl sites for hydroxylation is 1. The average Bonchev–Trinajstić information content (AvgIpc) is 2.49. The van der Waals surface area contributed by atoms with Crippen molar-refractivity contribution in [1.29, 1.82) is 0 Å². The van der Waals surface area contributed by atoms with Crippen LogP contribution in [0, 0.1) is 0 Å². The summed E-state index contributed by atoms with van der Waals surface area (Å²) in [4.78, 5) is 0. The molecule has 0 radical (unpaired) electrons. The van der Waals surface area contributed by atoms with E-state index in [1.54, 1.807) is 0 Å². The van der Waals surface area contributed by atoms with E-state index in [-0.39, 0.29) is 5.60 Å². The van der Waals surface area contributed by atoms with Gasteiger partial charge in [-0.3, -0.25) is 0 Å². The van der Waals surface area contributed by atoms with E-state index < -0.39 is 0 Å². The highest BCUT2D eigenvalue weighted by molar-refractivity contribution is 5.48. The second-order valence-corrected chi connectivity index (χ2v) is 6.97. The molecule has 22 heavy (non-hydrogen) atoms. The molecule has 2 aromatic rings. The Bertz CT molecular complexity index is 659. The number of fused-ring (bicyclic) bond motifs is 1. The van der Waals surface area contributed by atoms with Crippen molar-refractivity contribution >= 4 is 0 Å². The van der Waals surface area contributed by atoms with Gasteiger partial charge in [-0.25, -0.2) is 0 Å². The lowest BCUT2D eigenvalue weighted by molar-refractivity contribution is 0.0844. The monoisotopic (exact) mass is 296 g/mol. The fraction of sp³-hybridized carbons (Fsp3) is 0.400. The maximum Gasteiger partial charge on any atom is 0.123 e. The number of hydrogen-bond acceptors (Lipinski definition) is 2. The van der Waals surface area contributed by atoms with Crippen molar-refractivity contribution in [2.24, 2.45) is 0 Å². The van der Waals surface area contributed by atoms with Gasteiger partial charge in [-0.1, -0.05) is 37.3 Å². The van der Waals surface area contributed by atoms with Crippen LogP contribution in [0.5, 0.6) is 11.5 Å². The smallest absolute Gasteiger partial charge is 0.123 e. The molecular formula is C20H24O2. The Balaban J connectivity index is 1.85. The molecule has 0 bridgehead atoms. The number of rotatable bonds is 3. The van der Waals surface area contributed by atoms with Gasteiger partial charge in [0.05, 0.1) is 0 Å². The highest BCUT2D eigenvalue weighted by Gasteiger charge is 2.27. The summed E-state index contributed by atoms with van der Waals surface area (Å²) < 4.78 is 6.09. The first kappa shape index (κ1) is 15.0. The van der Waals surface area contributed by atoms with Crippen LogP contribution in [0.15, 0.2) is 42.5 Å². The van der Waals surface area contributed by atoms with E-state index in [2.05, 4.69) is 45.0 Å². The van der Waals surface area contributed by atoms with Crippen molar-refractivity contribution in [1.82, 2.24) is 0 Å². The molecule has 0 aliphatic carbocycles. The standard InChI is InChI=1S/C20H24O2/c1-14(15-7-5-4-6-8-15)11-17-13-19-16(12-18(17)21)9-10-20(2,3)22-19/h4-8,12-14,21H,9-11H2,1-3H3. The minimum Gasteiger partial charge on any atom is -0.508 e. The third-order valence-electron chi connectivity index (χ3n) is 4.54. The normalized spacial score (nSPS) is 17.4. The molecule has 2 heteroatoms. The van der Waals surface area contributed by atoms with Crippen molar-refractivity contribution < 1.29 is 9.84 Å². The lowest BCUT2D eigenvalue weighted by Crippen LogP contribution is -2.32. The summed E-state index contributed by atoms with van der Waals surface area (Å²) in [6.07, 6.45) is 2.76. The fourth-order valence-electron chi connectivity index (χ4n) is 3.12. The van der Waals surface area contributed by atoms with E-state index in [0.29, 0.717) is 11.7 Å². The molecule has 0 fully saturated rings. The SMILES string of the molecule is CC(Cc1cc2c(cc1O)CCC(C)(C)O2)c1ccccc1. The molecule has 2 nitrogen and oxygen atoms in total. The van der Waals surface area contributed by atoms with Crippen LogP contribution < -0.4 is 4.74 Å². The zero-order valence-corrected chi connectivity index (χ0v) is 13.6. The quantitative estimate of drug-likeness (QED) is 0.878. The predicted octanol–water partition coefficient (Wildman–Crippen LogP) is 4.84. The summed E-state index contributed by atoms with van der Waals surface area (Å²) in [5, 5.41) is 10.3. The van der Waals surface area contributed by atoms with Gasteiger partial charge in [0.2, 0.25) is 0 Å². The lowest BCUT2D eigenvalue weighted by atomic mass is 9.90. The molecule has 0 saturated carbocycles. The van der Waals surface area contributed by atoms with Gasteiger partial charge < -0.3 is 9.84 Å². The topological polar surface area (TPSA) is 29.5 Å². The van der Waals surface area contributed by atoms with Crippen molar-refractivity contribution in [3.8, 4) is 11.5 Å². The van der Waals surface area contributed by atoms with E-state index in [4.69, 9.17) is 4.74 Å². The molecule has 2 aromatic carbocycles. The van der Waals surface area contributed by atoms with Crippen LogP contribution in [0.25, 0.3) is 0 Å². The first-order valence-corrected chi connectivity index (χ1v) is 8.03. The third kappa shape index (κ3) is 3.11. The average molecular weight is 296 g/mol. The van der Waals surface area contributed by atoms with Crippen molar-refractivity contribution in [2.45, 2.75) is 51.6 Å². The van der Waals surface area contributed by atoms with Crippen LogP contribution in [0.3, 0.4) is 0 Å². The molecule has 1 atom stereocenters. The molecule has 0 saturated heterocycles. The van der Waals surface area contributed by atoms with E-state index in [1.807, 2.05) is 18.2 Å². The fourth-order valence-corrected chi connectivity index (χ4v) is 3.12. The molecule has 116 valence electrons. The molecule has 1 aliphatic rings. The molecule has 0 aromatic heterocycles. The van der Waals surface area contributed by atoms with Gasteiger partial charge in [0.1, 0.15) is 17.1 Å². The molecule has 0 amide bonds. The Morgan fingerprint density at radius 2 is 1.91 bits per heavy atom. The molecule has 1 aliphatic heterocycles. The molecule has 0 spiro atoms. The lowest BCUT2D eigenvalue weighted by Gasteiger charge is -2.33. The Hall–Kier alpha value is -1.96. The Labute approximate surface area is 132 Å². The summed E-state index contributed by atoms with van der Waals surface area (Å²) in [6.45, 7) is 6.43. The zero-order chi connectivity index (χ0) is 15.7. The second-order valence-electron chi connectivity index (χ2n) is 6.97. The van der Waals surface area contributed by atoms with Crippen LogP contribution in [0.2, 0.25) is 0 Å². The van der Waals surface area contributed by atoms with Gasteiger partial charge >= 0.3 is 0 Å². The molecular weight excluding hydrogens is 272 g/mol. The number of aromatic hydroxyl groups is 1. The first-order valence-electron chi connectivity index (χ1n) is 8.03. The van der Waals surface area contributed by atoms with Gasteiger partial charge in [-0.2, -0.15) is 0 Å². The number of benzene rings is 2. The Kier molecular flexibility index (Phi) is 3.86. The molecule has 1 heterocycles. The Morgan fingerprint density at radius 1 is 1.18 bits per heavy atom. The minimum absolute atomic E-state index is 0.119. The van der Waals surface area contributed by atoms with Gasteiger partial charge in [0, 0.05) is 0 Å². The van der Waals surface area contributed by atoms with E-state index in [9.17, 15) is 5.11 Å². The predicted molar refractivity (Wildman–Crippen MR) is 89.7 cm³/mol. The zero-order valence-electron chi connectivity index (χ0n) is 13.6. The van der Waals surface area contributed by atoms with Gasteiger partial charge in [0.25, 0.3) is 0 Å². The van der Waals surface area contributed by atoms with Crippen molar-refractivity contribution in [3.63, 3.8) is 0 Å². The molecule has 3 rings (SSSR count). The summed E-state index contributed by atoms with van der Waals surface area (Å²) >= 11 is 0. The van der Waals surface area contributed by atoms with Crippen LogP contribution in [-0.2, 0) is 12.8 Å². The summed E-state index contributed by atoms with van der Waals surface area (Å²) in [6, 6.07) is 14.3. The van der Waals surface area contributed by atoms with Crippen LogP contribution in [-0.4, -0.2) is 10.7 Å². The molecule has 1 N–H and O–H groups in total. The van der Waals surface area contributed by atoms with Crippen molar-refractivity contribution in [2.75, 3.05) is 0 Å². The number of phenolic OH excluding ortho intramolecular Hbond substituents is 1. The van der Waals surface area contributed by atoms with Crippen molar-refractivity contribution in [3.05, 3.63) is 59.2 Å². The van der Waals surface area contributed by atoms with Gasteiger partial charge in [-0.15, -0.1) is 0 Å². The first-order chi connectivity index (χ1) is 10.4. The minimum atomic E-state index is -0.119.